The number of hydrogen-bond donors (Lipinski definition) is 0. The smallest absolute Gasteiger partial charge is 0.120 e. The third kappa shape index (κ3) is 7.60. The lowest BCUT2D eigenvalue weighted by Gasteiger charge is -1.98. The average Bonchev–Trinajstić information content (AvgIpc) is 2.17. The standard InChI is InChI=1S/C11H16OS/c1-3-5-8-11(4-2)13-10-7-6-9-12/h3-5,8-9H,2,6-7,10H2,1H3/b5-3+,11-8+. The number of carbonyl (C=O) groups is 1. The number of unbranched alkanes of at least 4 members (excludes halogenated alkanes) is 1. The van der Waals surface area contributed by atoms with Crippen LogP contribution in [0.25, 0.3) is 0 Å². The Hall–Kier alpha value is -0.760. The molecular weight excluding hydrogens is 180 g/mol. The number of allylic oxidation sites excluding steroid dienone is 4. The molecule has 0 unspecified atom stereocenters. The van der Waals surface area contributed by atoms with E-state index in [4.69, 9.17) is 0 Å². The molecule has 0 aliphatic rings. The molecule has 0 aromatic heterocycles. The predicted octanol–water partition coefficient (Wildman–Crippen LogP) is 3.34. The molecule has 72 valence electrons. The highest BCUT2D eigenvalue weighted by Crippen LogP contribution is 2.17. The molecule has 0 aliphatic heterocycles. The van der Waals surface area contributed by atoms with Gasteiger partial charge in [0.05, 0.1) is 0 Å². The highest BCUT2D eigenvalue weighted by atomic mass is 32.2. The number of rotatable bonds is 7. The molecule has 0 radical (unpaired) electrons. The first-order valence-corrected chi connectivity index (χ1v) is 5.35. The fraction of sp³-hybridized carbons (Fsp3) is 0.364. The molecular formula is C11H16OS. The molecule has 0 fully saturated rings. The third-order valence-electron chi connectivity index (χ3n) is 1.39. The van der Waals surface area contributed by atoms with Gasteiger partial charge < -0.3 is 4.79 Å². The van der Waals surface area contributed by atoms with Crippen molar-refractivity contribution in [3.05, 3.63) is 35.8 Å². The van der Waals surface area contributed by atoms with Crippen molar-refractivity contribution in [3.8, 4) is 0 Å². The lowest BCUT2D eigenvalue weighted by molar-refractivity contribution is -0.107. The summed E-state index contributed by atoms with van der Waals surface area (Å²) in [6, 6.07) is 0. The molecule has 0 heterocycles. The maximum absolute atomic E-state index is 10.0. The van der Waals surface area contributed by atoms with Crippen LogP contribution in [-0.2, 0) is 4.79 Å². The summed E-state index contributed by atoms with van der Waals surface area (Å²) in [6.07, 6.45) is 10.4. The maximum atomic E-state index is 10.0. The summed E-state index contributed by atoms with van der Waals surface area (Å²) >= 11 is 1.73. The maximum Gasteiger partial charge on any atom is 0.120 e. The van der Waals surface area contributed by atoms with Gasteiger partial charge in [-0.15, -0.1) is 11.8 Å². The Kier molecular flexibility index (Phi) is 8.78. The third-order valence-corrected chi connectivity index (χ3v) is 2.52. The van der Waals surface area contributed by atoms with Gasteiger partial charge in [0.2, 0.25) is 0 Å². The summed E-state index contributed by atoms with van der Waals surface area (Å²) in [7, 11) is 0. The van der Waals surface area contributed by atoms with Crippen molar-refractivity contribution < 1.29 is 4.79 Å². The summed E-state index contributed by atoms with van der Waals surface area (Å²) in [5.74, 6) is 0.980. The fourth-order valence-electron chi connectivity index (χ4n) is 0.723. The number of aldehydes is 1. The van der Waals surface area contributed by atoms with Crippen LogP contribution in [0.3, 0.4) is 0 Å². The average molecular weight is 196 g/mol. The molecule has 0 spiro atoms. The van der Waals surface area contributed by atoms with Crippen molar-refractivity contribution >= 4 is 18.0 Å². The topological polar surface area (TPSA) is 17.1 Å². The van der Waals surface area contributed by atoms with Gasteiger partial charge in [-0.2, -0.15) is 0 Å². The number of carbonyl (C=O) groups excluding carboxylic acids is 1. The molecule has 0 atom stereocenters. The van der Waals surface area contributed by atoms with Crippen LogP contribution >= 0.6 is 11.8 Å². The van der Waals surface area contributed by atoms with Crippen molar-refractivity contribution in [2.24, 2.45) is 0 Å². The minimum Gasteiger partial charge on any atom is -0.303 e. The summed E-state index contributed by atoms with van der Waals surface area (Å²) in [5.41, 5.74) is 0. The minimum atomic E-state index is 0.654. The molecule has 0 amide bonds. The second-order valence-corrected chi connectivity index (χ2v) is 3.62. The molecule has 0 rings (SSSR count). The SMILES string of the molecule is C=C/C(=C\C=C\C)SCCCC=O. The van der Waals surface area contributed by atoms with Crippen LogP contribution in [0.15, 0.2) is 35.8 Å². The van der Waals surface area contributed by atoms with Crippen molar-refractivity contribution in [1.82, 2.24) is 0 Å². The predicted molar refractivity (Wildman–Crippen MR) is 60.9 cm³/mol. The van der Waals surface area contributed by atoms with E-state index in [1.807, 2.05) is 31.2 Å². The Labute approximate surface area is 84.6 Å². The zero-order chi connectivity index (χ0) is 9.94. The minimum absolute atomic E-state index is 0.654. The molecule has 2 heteroatoms. The molecule has 0 aliphatic carbocycles. The largest absolute Gasteiger partial charge is 0.303 e. The zero-order valence-corrected chi connectivity index (χ0v) is 8.85. The van der Waals surface area contributed by atoms with E-state index >= 15 is 0 Å². The molecule has 0 N–H and O–H groups in total. The highest BCUT2D eigenvalue weighted by Gasteiger charge is 1.91. The van der Waals surface area contributed by atoms with Crippen molar-refractivity contribution in [2.75, 3.05) is 5.75 Å². The first kappa shape index (κ1) is 12.2. The molecule has 0 saturated carbocycles. The van der Waals surface area contributed by atoms with Gasteiger partial charge in [0, 0.05) is 11.3 Å². The van der Waals surface area contributed by atoms with Gasteiger partial charge in [-0.1, -0.05) is 24.8 Å². The fourth-order valence-corrected chi connectivity index (χ4v) is 1.56. The Morgan fingerprint density at radius 2 is 2.31 bits per heavy atom. The van der Waals surface area contributed by atoms with E-state index in [-0.39, 0.29) is 0 Å². The van der Waals surface area contributed by atoms with Crippen molar-refractivity contribution in [1.29, 1.82) is 0 Å². The van der Waals surface area contributed by atoms with Crippen LogP contribution in [-0.4, -0.2) is 12.0 Å². The van der Waals surface area contributed by atoms with Gasteiger partial charge in [-0.05, 0) is 25.2 Å². The lowest BCUT2D eigenvalue weighted by atomic mass is 10.4. The number of thioether (sulfide) groups is 1. The zero-order valence-electron chi connectivity index (χ0n) is 8.03. The van der Waals surface area contributed by atoms with E-state index in [2.05, 4.69) is 6.58 Å². The highest BCUT2D eigenvalue weighted by molar-refractivity contribution is 8.03. The van der Waals surface area contributed by atoms with Gasteiger partial charge in [0.25, 0.3) is 0 Å². The Morgan fingerprint density at radius 3 is 2.85 bits per heavy atom. The van der Waals surface area contributed by atoms with Gasteiger partial charge in [-0.3, -0.25) is 0 Å². The number of hydrogen-bond acceptors (Lipinski definition) is 2. The van der Waals surface area contributed by atoms with Crippen LogP contribution in [0.4, 0.5) is 0 Å². The van der Waals surface area contributed by atoms with Crippen LogP contribution < -0.4 is 0 Å². The normalized spacial score (nSPS) is 11.9. The second-order valence-electron chi connectivity index (χ2n) is 2.46. The Balaban J connectivity index is 3.71. The Morgan fingerprint density at radius 1 is 1.54 bits per heavy atom. The van der Waals surface area contributed by atoms with Gasteiger partial charge >= 0.3 is 0 Å². The van der Waals surface area contributed by atoms with E-state index < -0.39 is 0 Å². The summed E-state index contributed by atoms with van der Waals surface area (Å²) in [4.78, 5) is 11.2. The van der Waals surface area contributed by atoms with Gasteiger partial charge in [-0.25, -0.2) is 0 Å². The summed E-state index contributed by atoms with van der Waals surface area (Å²) < 4.78 is 0. The quantitative estimate of drug-likeness (QED) is 0.353. The van der Waals surface area contributed by atoms with Gasteiger partial charge in [0.15, 0.2) is 0 Å². The summed E-state index contributed by atoms with van der Waals surface area (Å²) in [6.45, 7) is 5.70. The Bertz CT molecular complexity index is 204. The van der Waals surface area contributed by atoms with Crippen LogP contribution in [0.5, 0.6) is 0 Å². The monoisotopic (exact) mass is 196 g/mol. The van der Waals surface area contributed by atoms with Crippen molar-refractivity contribution in [3.63, 3.8) is 0 Å². The van der Waals surface area contributed by atoms with E-state index in [1.54, 1.807) is 11.8 Å². The molecule has 1 nitrogen and oxygen atoms in total. The van der Waals surface area contributed by atoms with Crippen LogP contribution in [0, 0.1) is 0 Å². The molecule has 0 saturated heterocycles. The molecule has 0 aromatic carbocycles. The molecule has 0 bridgehead atoms. The van der Waals surface area contributed by atoms with E-state index in [1.165, 1.54) is 0 Å². The van der Waals surface area contributed by atoms with E-state index in [0.717, 1.165) is 23.4 Å². The van der Waals surface area contributed by atoms with Crippen LogP contribution in [0.1, 0.15) is 19.8 Å². The van der Waals surface area contributed by atoms with Crippen LogP contribution in [0.2, 0.25) is 0 Å². The first-order valence-electron chi connectivity index (χ1n) is 4.37. The van der Waals surface area contributed by atoms with E-state index in [0.29, 0.717) is 6.42 Å². The lowest BCUT2D eigenvalue weighted by Crippen LogP contribution is -1.81. The molecule has 13 heavy (non-hydrogen) atoms. The second kappa shape index (κ2) is 9.33. The summed E-state index contributed by atoms with van der Waals surface area (Å²) in [5, 5.41) is 0. The van der Waals surface area contributed by atoms with Crippen molar-refractivity contribution in [2.45, 2.75) is 19.8 Å². The molecule has 0 aromatic rings. The van der Waals surface area contributed by atoms with Gasteiger partial charge in [0.1, 0.15) is 6.29 Å². The van der Waals surface area contributed by atoms with E-state index in [9.17, 15) is 4.79 Å². The first-order chi connectivity index (χ1) is 6.35.